The Labute approximate surface area is 115 Å². The van der Waals surface area contributed by atoms with Gasteiger partial charge in [-0.05, 0) is 37.1 Å². The molecule has 98 valence electrons. The summed E-state index contributed by atoms with van der Waals surface area (Å²) < 4.78 is 1.03. The number of hydrogen-bond donors (Lipinski definition) is 3. The molecule has 1 atom stereocenters. The van der Waals surface area contributed by atoms with Crippen LogP contribution in [-0.2, 0) is 4.79 Å². The summed E-state index contributed by atoms with van der Waals surface area (Å²) in [4.78, 5) is 11.7. The Bertz CT molecular complexity index is 403. The van der Waals surface area contributed by atoms with Crippen molar-refractivity contribution in [1.82, 2.24) is 5.32 Å². The van der Waals surface area contributed by atoms with Crippen LogP contribution in [-0.4, -0.2) is 24.5 Å². The number of anilines is 1. The smallest absolute Gasteiger partial charge is 0.222 e. The molecule has 0 spiro atoms. The normalized spacial score (nSPS) is 16.1. The average Bonchev–Trinajstić information content (AvgIpc) is 3.15. The van der Waals surface area contributed by atoms with Crippen molar-refractivity contribution in [3.63, 3.8) is 0 Å². The fourth-order valence-electron chi connectivity index (χ4n) is 1.71. The largest absolute Gasteiger partial charge is 0.381 e. The Morgan fingerprint density at radius 1 is 1.39 bits per heavy atom. The standard InChI is InChI=1S/C13H18BrN3O/c14-9-1-3-10(4-2-9)16-12(8-15)7-13(18)17-11-5-6-11/h1-4,11-12,16H,5-8,15H2,(H,17,18). The third kappa shape index (κ3) is 4.31. The molecule has 1 amide bonds. The lowest BCUT2D eigenvalue weighted by atomic mass is 10.2. The Morgan fingerprint density at radius 3 is 2.61 bits per heavy atom. The van der Waals surface area contributed by atoms with Crippen LogP contribution in [0, 0.1) is 0 Å². The molecule has 1 aromatic carbocycles. The number of hydrogen-bond acceptors (Lipinski definition) is 3. The van der Waals surface area contributed by atoms with Gasteiger partial charge in [-0.25, -0.2) is 0 Å². The highest BCUT2D eigenvalue weighted by atomic mass is 79.9. The van der Waals surface area contributed by atoms with E-state index in [-0.39, 0.29) is 11.9 Å². The predicted octanol–water partition coefficient (Wildman–Crippen LogP) is 1.86. The number of nitrogens with one attached hydrogen (secondary N) is 2. The van der Waals surface area contributed by atoms with Gasteiger partial charge in [0, 0.05) is 35.2 Å². The van der Waals surface area contributed by atoms with Crippen molar-refractivity contribution in [2.45, 2.75) is 31.3 Å². The van der Waals surface area contributed by atoms with Crippen molar-refractivity contribution < 1.29 is 4.79 Å². The van der Waals surface area contributed by atoms with Gasteiger partial charge in [-0.15, -0.1) is 0 Å². The fourth-order valence-corrected chi connectivity index (χ4v) is 1.98. The van der Waals surface area contributed by atoms with Crippen molar-refractivity contribution in [3.05, 3.63) is 28.7 Å². The van der Waals surface area contributed by atoms with E-state index in [9.17, 15) is 4.79 Å². The molecule has 0 saturated heterocycles. The number of carbonyl (C=O) groups is 1. The minimum atomic E-state index is -0.0232. The monoisotopic (exact) mass is 311 g/mol. The van der Waals surface area contributed by atoms with Crippen molar-refractivity contribution >= 4 is 27.5 Å². The summed E-state index contributed by atoms with van der Waals surface area (Å²) in [7, 11) is 0. The molecule has 1 aromatic rings. The van der Waals surface area contributed by atoms with Crippen molar-refractivity contribution in [1.29, 1.82) is 0 Å². The third-order valence-electron chi connectivity index (χ3n) is 2.87. The highest BCUT2D eigenvalue weighted by Gasteiger charge is 2.24. The van der Waals surface area contributed by atoms with Crippen molar-refractivity contribution in [2.75, 3.05) is 11.9 Å². The second-order valence-corrected chi connectivity index (χ2v) is 5.55. The lowest BCUT2D eigenvalue weighted by Crippen LogP contribution is -2.36. The SMILES string of the molecule is NCC(CC(=O)NC1CC1)Nc1ccc(Br)cc1. The molecule has 0 heterocycles. The zero-order valence-corrected chi connectivity index (χ0v) is 11.7. The Balaban J connectivity index is 1.83. The van der Waals surface area contributed by atoms with Crippen molar-refractivity contribution in [3.8, 4) is 0 Å². The number of carbonyl (C=O) groups excluding carboxylic acids is 1. The molecule has 5 heteroatoms. The summed E-state index contributed by atoms with van der Waals surface area (Å²) in [5, 5.41) is 6.25. The van der Waals surface area contributed by atoms with Crippen LogP contribution < -0.4 is 16.4 Å². The van der Waals surface area contributed by atoms with Gasteiger partial charge in [0.05, 0.1) is 0 Å². The maximum absolute atomic E-state index is 11.7. The van der Waals surface area contributed by atoms with E-state index in [4.69, 9.17) is 5.73 Å². The lowest BCUT2D eigenvalue weighted by Gasteiger charge is -2.17. The summed E-state index contributed by atoms with van der Waals surface area (Å²) in [6.45, 7) is 0.439. The van der Waals surface area contributed by atoms with E-state index < -0.39 is 0 Å². The topological polar surface area (TPSA) is 67.2 Å². The zero-order chi connectivity index (χ0) is 13.0. The van der Waals surface area contributed by atoms with Gasteiger partial charge in [0.25, 0.3) is 0 Å². The van der Waals surface area contributed by atoms with Gasteiger partial charge in [0.15, 0.2) is 0 Å². The first kappa shape index (κ1) is 13.4. The van der Waals surface area contributed by atoms with Gasteiger partial charge in [-0.1, -0.05) is 15.9 Å². The van der Waals surface area contributed by atoms with E-state index in [0.29, 0.717) is 19.0 Å². The van der Waals surface area contributed by atoms with E-state index in [1.807, 2.05) is 24.3 Å². The second-order valence-electron chi connectivity index (χ2n) is 4.63. The van der Waals surface area contributed by atoms with E-state index in [2.05, 4.69) is 26.6 Å². The Morgan fingerprint density at radius 2 is 2.06 bits per heavy atom. The molecule has 0 bridgehead atoms. The summed E-state index contributed by atoms with van der Waals surface area (Å²) in [5.74, 6) is 0.0811. The summed E-state index contributed by atoms with van der Waals surface area (Å²) in [6.07, 6.45) is 2.64. The van der Waals surface area contributed by atoms with Crippen LogP contribution in [0.1, 0.15) is 19.3 Å². The van der Waals surface area contributed by atoms with Gasteiger partial charge < -0.3 is 16.4 Å². The van der Waals surface area contributed by atoms with Crippen LogP contribution in [0.25, 0.3) is 0 Å². The highest BCUT2D eigenvalue weighted by molar-refractivity contribution is 9.10. The Kier molecular flexibility index (Phi) is 4.60. The van der Waals surface area contributed by atoms with Gasteiger partial charge >= 0.3 is 0 Å². The van der Waals surface area contributed by atoms with Crippen molar-refractivity contribution in [2.24, 2.45) is 5.73 Å². The number of rotatable bonds is 6. The molecule has 0 radical (unpaired) electrons. The molecule has 18 heavy (non-hydrogen) atoms. The van der Waals surface area contributed by atoms with Crippen LogP contribution in [0.15, 0.2) is 28.7 Å². The fraction of sp³-hybridized carbons (Fsp3) is 0.462. The number of benzene rings is 1. The van der Waals surface area contributed by atoms with Crippen LogP contribution in [0.2, 0.25) is 0 Å². The molecular formula is C13H18BrN3O. The molecule has 4 N–H and O–H groups in total. The zero-order valence-electron chi connectivity index (χ0n) is 10.2. The van der Waals surface area contributed by atoms with E-state index in [1.54, 1.807) is 0 Å². The average molecular weight is 312 g/mol. The maximum atomic E-state index is 11.7. The first-order valence-electron chi connectivity index (χ1n) is 6.19. The lowest BCUT2D eigenvalue weighted by molar-refractivity contribution is -0.121. The molecule has 0 aliphatic heterocycles. The molecule has 1 aliphatic carbocycles. The minimum absolute atomic E-state index is 0.0232. The molecule has 1 fully saturated rings. The first-order chi connectivity index (χ1) is 8.67. The molecule has 0 aromatic heterocycles. The molecule has 1 aliphatic rings. The van der Waals surface area contributed by atoms with Crippen LogP contribution in [0.4, 0.5) is 5.69 Å². The summed E-state index contributed by atoms with van der Waals surface area (Å²) in [6, 6.07) is 8.23. The molecule has 1 saturated carbocycles. The highest BCUT2D eigenvalue weighted by Crippen LogP contribution is 2.19. The number of nitrogens with two attached hydrogens (primary N) is 1. The Hall–Kier alpha value is -1.07. The van der Waals surface area contributed by atoms with Gasteiger partial charge in [-0.3, -0.25) is 4.79 Å². The molecule has 1 unspecified atom stereocenters. The predicted molar refractivity (Wildman–Crippen MR) is 76.4 cm³/mol. The molecular weight excluding hydrogens is 294 g/mol. The van der Waals surface area contributed by atoms with Crippen LogP contribution in [0.3, 0.4) is 0 Å². The van der Waals surface area contributed by atoms with Gasteiger partial charge in [0.2, 0.25) is 5.91 Å². The van der Waals surface area contributed by atoms with Crippen LogP contribution in [0.5, 0.6) is 0 Å². The molecule has 4 nitrogen and oxygen atoms in total. The van der Waals surface area contributed by atoms with Gasteiger partial charge in [-0.2, -0.15) is 0 Å². The maximum Gasteiger partial charge on any atom is 0.222 e. The number of amides is 1. The number of halogens is 1. The molecule has 2 rings (SSSR count). The summed E-state index contributed by atoms with van der Waals surface area (Å²) >= 11 is 3.39. The first-order valence-corrected chi connectivity index (χ1v) is 6.98. The quantitative estimate of drug-likeness (QED) is 0.751. The van der Waals surface area contributed by atoms with E-state index >= 15 is 0 Å². The third-order valence-corrected chi connectivity index (χ3v) is 3.40. The van der Waals surface area contributed by atoms with E-state index in [1.165, 1.54) is 0 Å². The van der Waals surface area contributed by atoms with Gasteiger partial charge in [0.1, 0.15) is 0 Å². The second kappa shape index (κ2) is 6.20. The minimum Gasteiger partial charge on any atom is -0.381 e. The summed E-state index contributed by atoms with van der Waals surface area (Å²) in [5.41, 5.74) is 6.67. The van der Waals surface area contributed by atoms with E-state index in [0.717, 1.165) is 23.0 Å². The van der Waals surface area contributed by atoms with Crippen LogP contribution >= 0.6 is 15.9 Å².